The van der Waals surface area contributed by atoms with E-state index in [0.717, 1.165) is 21.7 Å². The van der Waals surface area contributed by atoms with Gasteiger partial charge in [-0.05, 0) is 35.9 Å². The molecule has 0 saturated heterocycles. The first-order valence-corrected chi connectivity index (χ1v) is 9.41. The fraction of sp³-hybridized carbons (Fsp3) is 0.300. The maximum absolute atomic E-state index is 12.1. The molecule has 0 radical (unpaired) electrons. The van der Waals surface area contributed by atoms with Gasteiger partial charge in [0.25, 0.3) is 5.91 Å². The molecule has 8 heteroatoms. The molecule has 0 spiro atoms. The van der Waals surface area contributed by atoms with Crippen molar-refractivity contribution in [2.45, 2.75) is 6.54 Å². The summed E-state index contributed by atoms with van der Waals surface area (Å²) in [6.45, 7) is 1.80. The van der Waals surface area contributed by atoms with Crippen LogP contribution in [0.15, 0.2) is 58.0 Å². The second kappa shape index (κ2) is 12.6. The van der Waals surface area contributed by atoms with Crippen molar-refractivity contribution in [1.29, 1.82) is 0 Å². The van der Waals surface area contributed by atoms with E-state index in [9.17, 15) is 4.79 Å². The van der Waals surface area contributed by atoms with Crippen LogP contribution >= 0.6 is 39.9 Å². The van der Waals surface area contributed by atoms with Crippen LogP contribution in [0.1, 0.15) is 15.9 Å². The van der Waals surface area contributed by atoms with Crippen molar-refractivity contribution in [1.82, 2.24) is 15.5 Å². The minimum Gasteiger partial charge on any atom is -0.497 e. The third kappa shape index (κ3) is 7.67. The van der Waals surface area contributed by atoms with Crippen LogP contribution in [0, 0.1) is 0 Å². The lowest BCUT2D eigenvalue weighted by atomic mass is 10.2. The zero-order chi connectivity index (χ0) is 19.6. The molecule has 0 aromatic heterocycles. The Kier molecular flexibility index (Phi) is 10.9. The summed E-state index contributed by atoms with van der Waals surface area (Å²) >= 11 is 3.37. The number of aliphatic imine (C=N–C) groups is 1. The Morgan fingerprint density at radius 1 is 1.14 bits per heavy atom. The molecule has 0 bridgehead atoms. The normalized spacial score (nSPS) is 10.6. The Hall–Kier alpha value is -1.81. The van der Waals surface area contributed by atoms with Crippen LogP contribution < -0.4 is 15.4 Å². The number of amides is 1. The monoisotopic (exact) mass is 560 g/mol. The number of benzene rings is 2. The van der Waals surface area contributed by atoms with Gasteiger partial charge in [0.2, 0.25) is 0 Å². The SMILES string of the molecule is CN=C(NCCNC(=O)c1cccc(Br)c1)N(C)Cc1ccc(OC)cc1.I. The summed E-state index contributed by atoms with van der Waals surface area (Å²) in [7, 11) is 5.37. The van der Waals surface area contributed by atoms with Gasteiger partial charge >= 0.3 is 0 Å². The fourth-order valence-electron chi connectivity index (χ4n) is 2.55. The summed E-state index contributed by atoms with van der Waals surface area (Å²) in [6, 6.07) is 15.3. The first kappa shape index (κ1) is 24.2. The van der Waals surface area contributed by atoms with E-state index in [-0.39, 0.29) is 29.9 Å². The molecule has 28 heavy (non-hydrogen) atoms. The summed E-state index contributed by atoms with van der Waals surface area (Å²) in [5.74, 6) is 1.51. The van der Waals surface area contributed by atoms with Crippen molar-refractivity contribution in [3.63, 3.8) is 0 Å². The van der Waals surface area contributed by atoms with Gasteiger partial charge in [0.1, 0.15) is 5.75 Å². The molecular formula is C20H26BrIN4O2. The van der Waals surface area contributed by atoms with Crippen molar-refractivity contribution in [3.05, 3.63) is 64.1 Å². The van der Waals surface area contributed by atoms with Crippen LogP contribution in [-0.2, 0) is 6.54 Å². The first-order valence-electron chi connectivity index (χ1n) is 8.62. The van der Waals surface area contributed by atoms with Gasteiger partial charge in [-0.15, -0.1) is 24.0 Å². The molecule has 0 saturated carbocycles. The molecule has 2 aromatic carbocycles. The molecule has 2 aromatic rings. The topological polar surface area (TPSA) is 66.0 Å². The summed E-state index contributed by atoms with van der Waals surface area (Å²) in [5.41, 5.74) is 1.79. The Morgan fingerprint density at radius 3 is 2.43 bits per heavy atom. The second-order valence-electron chi connectivity index (χ2n) is 5.94. The molecule has 2 rings (SSSR count). The lowest BCUT2D eigenvalue weighted by molar-refractivity contribution is 0.0954. The van der Waals surface area contributed by atoms with E-state index >= 15 is 0 Å². The highest BCUT2D eigenvalue weighted by Gasteiger charge is 2.08. The van der Waals surface area contributed by atoms with Gasteiger partial charge in [-0.25, -0.2) is 0 Å². The van der Waals surface area contributed by atoms with Gasteiger partial charge in [0.05, 0.1) is 7.11 Å². The summed E-state index contributed by atoms with van der Waals surface area (Å²) in [5, 5.41) is 6.15. The van der Waals surface area contributed by atoms with E-state index in [0.29, 0.717) is 25.2 Å². The first-order chi connectivity index (χ1) is 13.0. The van der Waals surface area contributed by atoms with Crippen molar-refractivity contribution in [2.75, 3.05) is 34.3 Å². The van der Waals surface area contributed by atoms with Crippen LogP contribution in [0.25, 0.3) is 0 Å². The van der Waals surface area contributed by atoms with Crippen molar-refractivity contribution in [2.24, 2.45) is 4.99 Å². The fourth-order valence-corrected chi connectivity index (χ4v) is 2.95. The van der Waals surface area contributed by atoms with Crippen LogP contribution in [0.4, 0.5) is 0 Å². The van der Waals surface area contributed by atoms with E-state index < -0.39 is 0 Å². The van der Waals surface area contributed by atoms with Gasteiger partial charge in [-0.1, -0.05) is 34.1 Å². The highest BCUT2D eigenvalue weighted by atomic mass is 127. The highest BCUT2D eigenvalue weighted by molar-refractivity contribution is 14.0. The Bertz CT molecular complexity index is 784. The molecule has 0 fully saturated rings. The predicted molar refractivity (Wildman–Crippen MR) is 128 cm³/mol. The van der Waals surface area contributed by atoms with Gasteiger partial charge in [-0.2, -0.15) is 0 Å². The maximum Gasteiger partial charge on any atom is 0.251 e. The molecule has 0 aliphatic carbocycles. The molecular weight excluding hydrogens is 535 g/mol. The zero-order valence-electron chi connectivity index (χ0n) is 16.2. The van der Waals surface area contributed by atoms with Crippen LogP contribution in [0.5, 0.6) is 5.75 Å². The van der Waals surface area contributed by atoms with Gasteiger partial charge in [0, 0.05) is 43.8 Å². The summed E-state index contributed by atoms with van der Waals surface area (Å²) in [4.78, 5) is 18.4. The number of nitrogens with one attached hydrogen (secondary N) is 2. The number of methoxy groups -OCH3 is 1. The minimum absolute atomic E-state index is 0. The Morgan fingerprint density at radius 2 is 1.82 bits per heavy atom. The third-order valence-corrected chi connectivity index (χ3v) is 4.43. The number of ether oxygens (including phenoxy) is 1. The number of hydrogen-bond donors (Lipinski definition) is 2. The summed E-state index contributed by atoms with van der Waals surface area (Å²) < 4.78 is 6.06. The predicted octanol–water partition coefficient (Wildman–Crippen LogP) is 3.51. The van der Waals surface area contributed by atoms with Crippen LogP contribution in [0.2, 0.25) is 0 Å². The molecule has 0 atom stereocenters. The van der Waals surface area contributed by atoms with Crippen molar-refractivity contribution < 1.29 is 9.53 Å². The lowest BCUT2D eigenvalue weighted by Crippen LogP contribution is -2.42. The van der Waals surface area contributed by atoms with E-state index in [1.807, 2.05) is 48.3 Å². The quantitative estimate of drug-likeness (QED) is 0.235. The molecule has 0 aliphatic rings. The molecule has 0 unspecified atom stereocenters. The maximum atomic E-state index is 12.1. The second-order valence-corrected chi connectivity index (χ2v) is 6.86. The average molecular weight is 561 g/mol. The van der Waals surface area contributed by atoms with Crippen LogP contribution in [-0.4, -0.2) is 51.1 Å². The highest BCUT2D eigenvalue weighted by Crippen LogP contribution is 2.13. The molecule has 152 valence electrons. The van der Waals surface area contributed by atoms with E-state index in [1.54, 1.807) is 26.3 Å². The van der Waals surface area contributed by atoms with E-state index in [1.165, 1.54) is 0 Å². The lowest BCUT2D eigenvalue weighted by Gasteiger charge is -2.22. The van der Waals surface area contributed by atoms with Crippen molar-refractivity contribution >= 4 is 51.8 Å². The van der Waals surface area contributed by atoms with Gasteiger partial charge in [-0.3, -0.25) is 9.79 Å². The van der Waals surface area contributed by atoms with Crippen molar-refractivity contribution in [3.8, 4) is 5.75 Å². The van der Waals surface area contributed by atoms with E-state index in [4.69, 9.17) is 4.74 Å². The van der Waals surface area contributed by atoms with Gasteiger partial charge < -0.3 is 20.3 Å². The standard InChI is InChI=1S/C20H25BrN4O2.HI/c1-22-20(25(2)14-15-7-9-18(27-3)10-8-15)24-12-11-23-19(26)16-5-4-6-17(21)13-16;/h4-10,13H,11-12,14H2,1-3H3,(H,22,24)(H,23,26);1H. The number of carbonyl (C=O) groups is 1. The smallest absolute Gasteiger partial charge is 0.251 e. The Balaban J connectivity index is 0.00000392. The Labute approximate surface area is 191 Å². The number of hydrogen-bond acceptors (Lipinski definition) is 3. The number of halogens is 2. The average Bonchev–Trinajstić information content (AvgIpc) is 2.68. The molecule has 1 amide bonds. The van der Waals surface area contributed by atoms with Crippen LogP contribution in [0.3, 0.4) is 0 Å². The van der Waals surface area contributed by atoms with Gasteiger partial charge in [0.15, 0.2) is 5.96 Å². The number of carbonyl (C=O) groups excluding carboxylic acids is 1. The summed E-state index contributed by atoms with van der Waals surface area (Å²) in [6.07, 6.45) is 0. The largest absolute Gasteiger partial charge is 0.497 e. The molecule has 2 N–H and O–H groups in total. The number of nitrogens with zero attached hydrogens (tertiary/aromatic N) is 2. The number of guanidine groups is 1. The zero-order valence-corrected chi connectivity index (χ0v) is 20.2. The molecule has 6 nitrogen and oxygen atoms in total. The third-order valence-electron chi connectivity index (χ3n) is 3.93. The molecule has 0 aliphatic heterocycles. The molecule has 0 heterocycles. The van der Waals surface area contributed by atoms with E-state index in [2.05, 4.69) is 31.6 Å². The minimum atomic E-state index is -0.0975. The number of rotatable bonds is 7.